The number of hydrogen-bond acceptors (Lipinski definition) is 3. The third kappa shape index (κ3) is 10.7. The number of anilines is 6. The minimum atomic E-state index is -0.254. The molecule has 2 heterocycles. The van der Waals surface area contributed by atoms with Gasteiger partial charge in [0.2, 0.25) is 0 Å². The number of hydrogen-bond donors (Lipinski definition) is 0. The summed E-state index contributed by atoms with van der Waals surface area (Å²) >= 11 is 0. The Bertz CT molecular complexity index is 5160. The van der Waals surface area contributed by atoms with Gasteiger partial charge in [0.1, 0.15) is 5.82 Å². The Morgan fingerprint density at radius 1 is 0.242 bits per heavy atom. The Morgan fingerprint density at radius 3 is 0.824 bits per heavy atom. The number of rotatable bonds is 12. The van der Waals surface area contributed by atoms with E-state index in [4.69, 9.17) is 0 Å². The molecule has 0 spiro atoms. The van der Waals surface area contributed by atoms with E-state index in [1.54, 1.807) is 0 Å². The predicted octanol–water partition coefficient (Wildman–Crippen LogP) is 23.2. The highest BCUT2D eigenvalue weighted by Crippen LogP contribution is 2.42. The van der Waals surface area contributed by atoms with Crippen molar-refractivity contribution in [1.29, 1.82) is 5.26 Å². The van der Waals surface area contributed by atoms with Gasteiger partial charge in [-0.05, 0) is 167 Å². The van der Waals surface area contributed by atoms with E-state index in [0.29, 0.717) is 5.56 Å². The normalized spacial score (nSPS) is 11.1. The molecule has 91 heavy (non-hydrogen) atoms. The first-order valence-corrected chi connectivity index (χ1v) is 30.6. The van der Waals surface area contributed by atoms with Gasteiger partial charge in [0.05, 0.1) is 45.1 Å². The van der Waals surface area contributed by atoms with Crippen LogP contribution in [0.2, 0.25) is 0 Å². The summed E-state index contributed by atoms with van der Waals surface area (Å²) in [6.07, 6.45) is 0. The Morgan fingerprint density at radius 2 is 0.495 bits per heavy atom. The van der Waals surface area contributed by atoms with Gasteiger partial charge >= 0.3 is 0 Å². The zero-order chi connectivity index (χ0) is 61.0. The third-order valence-electron chi connectivity index (χ3n) is 17.1. The maximum atomic E-state index is 14.0. The second-order valence-corrected chi connectivity index (χ2v) is 22.5. The summed E-state index contributed by atoms with van der Waals surface area (Å²) in [7, 11) is 0. The number of aromatic nitrogens is 2. The molecule has 0 bridgehead atoms. The fourth-order valence-electron chi connectivity index (χ4n) is 12.8. The van der Waals surface area contributed by atoms with Gasteiger partial charge in [-0.2, -0.15) is 5.26 Å². The molecule has 14 aromatic carbocycles. The van der Waals surface area contributed by atoms with Crippen molar-refractivity contribution in [3.63, 3.8) is 0 Å². The molecule has 16 aromatic rings. The molecule has 0 atom stereocenters. The van der Waals surface area contributed by atoms with E-state index in [2.05, 4.69) is 316 Å². The molecule has 2 aromatic heterocycles. The Kier molecular flexibility index (Phi) is 14.9. The average Bonchev–Trinajstić information content (AvgIpc) is 1.63. The van der Waals surface area contributed by atoms with E-state index in [0.717, 1.165) is 73.3 Å². The highest BCUT2D eigenvalue weighted by Gasteiger charge is 2.20. The summed E-state index contributed by atoms with van der Waals surface area (Å²) < 4.78 is 18.7. The standard InChI is InChI=1S/C43H29N3.C42H29FN2/c44-30-31-18-24-35(25-19-31)45(36-26-20-33(21-27-36)32-10-2-1-3-11-32)37-28-22-34(23-29-37)38-12-4-7-15-41(38)46-42-16-8-5-13-39(42)40-14-6-9-17-43(40)46;43-33-22-28-36(29-23-33)44(34-24-18-31(19-25-34)30-10-2-1-3-11-30)35-26-20-32(21-27-35)37-12-4-7-15-40(37)45-41-16-8-5-13-38(41)39-14-6-9-17-42(39)45/h1-29H;1-29H. The minimum absolute atomic E-state index is 0.254. The van der Waals surface area contributed by atoms with Crippen molar-refractivity contribution < 1.29 is 4.39 Å². The van der Waals surface area contributed by atoms with Gasteiger partial charge in [0, 0.05) is 66.8 Å². The van der Waals surface area contributed by atoms with Crippen molar-refractivity contribution in [3.05, 3.63) is 363 Å². The van der Waals surface area contributed by atoms with Crippen LogP contribution >= 0.6 is 0 Å². The van der Waals surface area contributed by atoms with Gasteiger partial charge in [-0.1, -0.05) is 218 Å². The number of benzene rings is 14. The second-order valence-electron chi connectivity index (χ2n) is 22.5. The largest absolute Gasteiger partial charge is 0.311 e. The number of nitriles is 1. The fourth-order valence-corrected chi connectivity index (χ4v) is 12.8. The molecular formula is C85H58FN5. The van der Waals surface area contributed by atoms with Crippen LogP contribution in [0.3, 0.4) is 0 Å². The molecule has 0 unspecified atom stereocenters. The first-order valence-electron chi connectivity index (χ1n) is 30.6. The molecule has 0 fully saturated rings. The van der Waals surface area contributed by atoms with E-state index >= 15 is 0 Å². The third-order valence-corrected chi connectivity index (χ3v) is 17.1. The van der Waals surface area contributed by atoms with Gasteiger partial charge in [-0.25, -0.2) is 4.39 Å². The zero-order valence-electron chi connectivity index (χ0n) is 49.6. The van der Waals surface area contributed by atoms with Gasteiger partial charge in [-0.3, -0.25) is 0 Å². The lowest BCUT2D eigenvalue weighted by Crippen LogP contribution is -2.10. The minimum Gasteiger partial charge on any atom is -0.311 e. The number of fused-ring (bicyclic) bond motifs is 6. The summed E-state index contributed by atoms with van der Waals surface area (Å²) in [6.45, 7) is 0. The highest BCUT2D eigenvalue weighted by atomic mass is 19.1. The van der Waals surface area contributed by atoms with Crippen LogP contribution < -0.4 is 9.80 Å². The van der Waals surface area contributed by atoms with Crippen molar-refractivity contribution in [2.75, 3.05) is 9.80 Å². The van der Waals surface area contributed by atoms with Crippen molar-refractivity contribution in [2.45, 2.75) is 0 Å². The molecule has 0 aliphatic rings. The average molecular weight is 1170 g/mol. The molecule has 0 N–H and O–H groups in total. The summed E-state index contributed by atoms with van der Waals surface area (Å²) in [5.41, 5.74) is 22.9. The fraction of sp³-hybridized carbons (Fsp3) is 0. The van der Waals surface area contributed by atoms with Crippen LogP contribution in [0.15, 0.2) is 352 Å². The van der Waals surface area contributed by atoms with Gasteiger partial charge in [0.25, 0.3) is 0 Å². The Balaban J connectivity index is 0.000000151. The van der Waals surface area contributed by atoms with Crippen LogP contribution in [0.25, 0.3) is 99.5 Å². The molecule has 16 rings (SSSR count). The Hall–Kier alpha value is -12.3. The summed E-state index contributed by atoms with van der Waals surface area (Å²) in [4.78, 5) is 4.40. The molecule has 0 amide bonds. The molecule has 0 saturated carbocycles. The van der Waals surface area contributed by atoms with Crippen LogP contribution in [0, 0.1) is 17.1 Å². The van der Waals surface area contributed by atoms with Crippen LogP contribution in [-0.2, 0) is 0 Å². The first-order chi connectivity index (χ1) is 45.0. The smallest absolute Gasteiger partial charge is 0.123 e. The van der Waals surface area contributed by atoms with E-state index < -0.39 is 0 Å². The quantitative estimate of drug-likeness (QED) is 0.122. The van der Waals surface area contributed by atoms with Gasteiger partial charge in [-0.15, -0.1) is 0 Å². The Labute approximate surface area is 528 Å². The SMILES string of the molecule is Fc1ccc(N(c2ccc(-c3ccccc3)cc2)c2ccc(-c3ccccc3-n3c4ccccc4c4ccccc43)cc2)cc1.N#Cc1ccc(N(c2ccc(-c3ccccc3)cc2)c2ccc(-c3ccccc3-n3c4ccccc4c4ccccc43)cc2)cc1. The lowest BCUT2D eigenvalue weighted by Gasteiger charge is -2.26. The van der Waals surface area contributed by atoms with Crippen LogP contribution in [0.5, 0.6) is 0 Å². The van der Waals surface area contributed by atoms with Crippen LogP contribution in [-0.4, -0.2) is 9.13 Å². The van der Waals surface area contributed by atoms with Gasteiger partial charge in [0.15, 0.2) is 0 Å². The maximum Gasteiger partial charge on any atom is 0.123 e. The van der Waals surface area contributed by atoms with Gasteiger partial charge < -0.3 is 18.9 Å². The summed E-state index contributed by atoms with van der Waals surface area (Å²) in [5, 5.41) is 14.4. The van der Waals surface area contributed by atoms with E-state index in [1.165, 1.54) is 72.4 Å². The molecule has 0 saturated heterocycles. The molecule has 0 aliphatic heterocycles. The maximum absolute atomic E-state index is 14.0. The van der Waals surface area contributed by atoms with Crippen LogP contribution in [0.1, 0.15) is 5.56 Å². The van der Waals surface area contributed by atoms with Crippen molar-refractivity contribution >= 4 is 77.7 Å². The lowest BCUT2D eigenvalue weighted by atomic mass is 10.0. The molecule has 5 nitrogen and oxygen atoms in total. The lowest BCUT2D eigenvalue weighted by molar-refractivity contribution is 0.628. The topological polar surface area (TPSA) is 40.1 Å². The molecule has 430 valence electrons. The van der Waals surface area contributed by atoms with E-state index in [1.807, 2.05) is 48.5 Å². The molecule has 0 aliphatic carbocycles. The van der Waals surface area contributed by atoms with Crippen molar-refractivity contribution in [1.82, 2.24) is 9.13 Å². The molecule has 6 heteroatoms. The van der Waals surface area contributed by atoms with Crippen LogP contribution in [0.4, 0.5) is 38.5 Å². The second kappa shape index (κ2) is 24.5. The van der Waals surface area contributed by atoms with E-state index in [-0.39, 0.29) is 5.82 Å². The first kappa shape index (κ1) is 55.3. The van der Waals surface area contributed by atoms with Crippen molar-refractivity contribution in [3.8, 4) is 62.0 Å². The predicted molar refractivity (Wildman–Crippen MR) is 377 cm³/mol. The van der Waals surface area contributed by atoms with E-state index in [9.17, 15) is 9.65 Å². The molecular weight excluding hydrogens is 1110 g/mol. The number of para-hydroxylation sites is 6. The number of nitrogens with zero attached hydrogens (tertiary/aromatic N) is 5. The summed E-state index contributed by atoms with van der Waals surface area (Å²) in [5.74, 6) is -0.254. The highest BCUT2D eigenvalue weighted by molar-refractivity contribution is 6.11. The summed E-state index contributed by atoms with van der Waals surface area (Å²) in [6, 6.07) is 124. The zero-order valence-corrected chi connectivity index (χ0v) is 49.6. The van der Waals surface area contributed by atoms with Crippen molar-refractivity contribution in [2.24, 2.45) is 0 Å². The monoisotopic (exact) mass is 1170 g/mol. The molecule has 0 radical (unpaired) electrons. The number of halogens is 1.